The molecule has 1 atom stereocenters. The lowest BCUT2D eigenvalue weighted by molar-refractivity contribution is 0.338. The Morgan fingerprint density at radius 2 is 2.04 bits per heavy atom. The number of hydrogen-bond donors (Lipinski definition) is 2. The molecule has 1 aromatic carbocycles. The van der Waals surface area contributed by atoms with E-state index in [4.69, 9.17) is 4.52 Å². The van der Waals surface area contributed by atoms with Crippen LogP contribution in [0.3, 0.4) is 0 Å². The molecule has 0 saturated heterocycles. The average Bonchev–Trinajstić information content (AvgIpc) is 3.11. The first-order chi connectivity index (χ1) is 12.1. The van der Waals surface area contributed by atoms with Crippen LogP contribution in [0.2, 0.25) is 0 Å². The number of hydrogen-bond acceptors (Lipinski definition) is 6. The molecular weight excluding hydrogens is 322 g/mol. The molecule has 0 bridgehead atoms. The summed E-state index contributed by atoms with van der Waals surface area (Å²) in [6, 6.07) is 10.9. The highest BCUT2D eigenvalue weighted by atomic mass is 16.5. The molecule has 8 nitrogen and oxygen atoms in total. The minimum Gasteiger partial charge on any atom is -0.337 e. The maximum atomic E-state index is 11.6. The number of H-pyrrole nitrogens is 1. The van der Waals surface area contributed by atoms with Gasteiger partial charge in [-0.3, -0.25) is 9.78 Å². The topological polar surface area (TPSA) is 106 Å². The summed E-state index contributed by atoms with van der Waals surface area (Å²) in [5, 5.41) is 7.28. The van der Waals surface area contributed by atoms with E-state index in [0.29, 0.717) is 24.8 Å². The summed E-state index contributed by atoms with van der Waals surface area (Å²) in [6.07, 6.45) is 2.21. The van der Waals surface area contributed by atoms with Crippen molar-refractivity contribution in [3.8, 4) is 11.4 Å². The molecule has 0 spiro atoms. The van der Waals surface area contributed by atoms with Crippen LogP contribution >= 0.6 is 0 Å². The van der Waals surface area contributed by atoms with E-state index in [-0.39, 0.29) is 6.04 Å². The Kier molecular flexibility index (Phi) is 5.20. The van der Waals surface area contributed by atoms with Gasteiger partial charge >= 0.3 is 5.69 Å². The standard InChI is InChI=1S/C17H19N5O3/c1-12(16-20-15(21-25-16)13-6-3-2-4-7-13)18-9-5-10-22-11-8-14(23)19-17(22)24/h2-4,6-8,11-12,18H,5,9-10H2,1H3,(H,19,23,24). The fraction of sp³-hybridized carbons (Fsp3) is 0.294. The van der Waals surface area contributed by atoms with Crippen molar-refractivity contribution in [3.63, 3.8) is 0 Å². The molecule has 2 heterocycles. The van der Waals surface area contributed by atoms with Gasteiger partial charge in [0, 0.05) is 24.4 Å². The Morgan fingerprint density at radius 3 is 2.80 bits per heavy atom. The van der Waals surface area contributed by atoms with E-state index < -0.39 is 11.2 Å². The molecule has 0 radical (unpaired) electrons. The largest absolute Gasteiger partial charge is 0.337 e. The van der Waals surface area contributed by atoms with E-state index in [2.05, 4.69) is 20.4 Å². The van der Waals surface area contributed by atoms with E-state index in [1.807, 2.05) is 37.3 Å². The molecule has 0 saturated carbocycles. The average molecular weight is 341 g/mol. The molecule has 2 N–H and O–H groups in total. The van der Waals surface area contributed by atoms with Crippen molar-refractivity contribution in [2.45, 2.75) is 25.9 Å². The first-order valence-corrected chi connectivity index (χ1v) is 8.05. The molecule has 0 aliphatic heterocycles. The lowest BCUT2D eigenvalue weighted by Crippen LogP contribution is -2.30. The monoisotopic (exact) mass is 341 g/mol. The second-order valence-corrected chi connectivity index (χ2v) is 5.66. The number of benzene rings is 1. The van der Waals surface area contributed by atoms with Crippen LogP contribution in [0.4, 0.5) is 0 Å². The fourth-order valence-electron chi connectivity index (χ4n) is 2.39. The first-order valence-electron chi connectivity index (χ1n) is 8.05. The smallest absolute Gasteiger partial charge is 0.328 e. The highest BCUT2D eigenvalue weighted by Crippen LogP contribution is 2.17. The van der Waals surface area contributed by atoms with Crippen molar-refractivity contribution in [1.29, 1.82) is 0 Å². The van der Waals surface area contributed by atoms with Gasteiger partial charge in [-0.15, -0.1) is 0 Å². The molecule has 2 aromatic heterocycles. The van der Waals surface area contributed by atoms with Crippen LogP contribution in [-0.2, 0) is 6.54 Å². The fourth-order valence-corrected chi connectivity index (χ4v) is 2.39. The lowest BCUT2D eigenvalue weighted by Gasteiger charge is -2.09. The maximum absolute atomic E-state index is 11.6. The van der Waals surface area contributed by atoms with Crippen LogP contribution in [0.5, 0.6) is 0 Å². The molecule has 0 amide bonds. The number of rotatable bonds is 7. The zero-order chi connectivity index (χ0) is 17.6. The Morgan fingerprint density at radius 1 is 1.24 bits per heavy atom. The van der Waals surface area contributed by atoms with Crippen LogP contribution in [0.25, 0.3) is 11.4 Å². The van der Waals surface area contributed by atoms with Gasteiger partial charge in [0.15, 0.2) is 0 Å². The second kappa shape index (κ2) is 7.71. The normalized spacial score (nSPS) is 12.2. The van der Waals surface area contributed by atoms with E-state index in [0.717, 1.165) is 12.0 Å². The summed E-state index contributed by atoms with van der Waals surface area (Å²) in [5.74, 6) is 1.07. The number of aromatic amines is 1. The molecular formula is C17H19N5O3. The van der Waals surface area contributed by atoms with Crippen molar-refractivity contribution in [1.82, 2.24) is 25.0 Å². The lowest BCUT2D eigenvalue weighted by atomic mass is 10.2. The summed E-state index contributed by atoms with van der Waals surface area (Å²) < 4.78 is 6.78. The van der Waals surface area contributed by atoms with E-state index in [1.165, 1.54) is 16.8 Å². The minimum atomic E-state index is -0.398. The van der Waals surface area contributed by atoms with Gasteiger partial charge in [0.1, 0.15) is 0 Å². The van der Waals surface area contributed by atoms with E-state index in [1.54, 1.807) is 0 Å². The van der Waals surface area contributed by atoms with Crippen LogP contribution in [0, 0.1) is 0 Å². The molecule has 0 fully saturated rings. The van der Waals surface area contributed by atoms with Crippen molar-refractivity contribution in [2.75, 3.05) is 6.54 Å². The van der Waals surface area contributed by atoms with Crippen molar-refractivity contribution < 1.29 is 4.52 Å². The molecule has 3 rings (SSSR count). The van der Waals surface area contributed by atoms with Crippen LogP contribution in [-0.4, -0.2) is 26.2 Å². The summed E-state index contributed by atoms with van der Waals surface area (Å²) in [4.78, 5) is 29.2. The molecule has 130 valence electrons. The zero-order valence-electron chi connectivity index (χ0n) is 13.8. The van der Waals surface area contributed by atoms with Crippen molar-refractivity contribution in [3.05, 3.63) is 69.3 Å². The molecule has 8 heteroatoms. The van der Waals surface area contributed by atoms with Crippen LogP contribution in [0.1, 0.15) is 25.3 Å². The molecule has 0 aliphatic rings. The molecule has 25 heavy (non-hydrogen) atoms. The molecule has 1 unspecified atom stereocenters. The second-order valence-electron chi connectivity index (χ2n) is 5.66. The summed E-state index contributed by atoms with van der Waals surface area (Å²) in [5.41, 5.74) is 0.116. The van der Waals surface area contributed by atoms with Gasteiger partial charge in [-0.2, -0.15) is 4.98 Å². The molecule has 0 aliphatic carbocycles. The van der Waals surface area contributed by atoms with Gasteiger partial charge in [0.25, 0.3) is 5.56 Å². The third kappa shape index (κ3) is 4.30. The first kappa shape index (κ1) is 16.8. The predicted molar refractivity (Wildman–Crippen MR) is 92.1 cm³/mol. The maximum Gasteiger partial charge on any atom is 0.328 e. The summed E-state index contributed by atoms with van der Waals surface area (Å²) in [6.45, 7) is 3.11. The number of nitrogens with one attached hydrogen (secondary N) is 2. The van der Waals surface area contributed by atoms with Crippen molar-refractivity contribution >= 4 is 0 Å². The predicted octanol–water partition coefficient (Wildman–Crippen LogP) is 1.33. The zero-order valence-corrected chi connectivity index (χ0v) is 13.8. The SMILES string of the molecule is CC(NCCCn1ccc(=O)[nH]c1=O)c1nc(-c2ccccc2)no1. The van der Waals surface area contributed by atoms with Gasteiger partial charge in [0.2, 0.25) is 11.7 Å². The Balaban J connectivity index is 1.51. The summed E-state index contributed by atoms with van der Waals surface area (Å²) >= 11 is 0. The van der Waals surface area contributed by atoms with Gasteiger partial charge in [0.05, 0.1) is 6.04 Å². The quantitative estimate of drug-likeness (QED) is 0.628. The Hall–Kier alpha value is -3.00. The van der Waals surface area contributed by atoms with Gasteiger partial charge in [-0.1, -0.05) is 35.5 Å². The Bertz CT molecular complexity index is 929. The van der Waals surface area contributed by atoms with Gasteiger partial charge in [-0.25, -0.2) is 4.79 Å². The third-order valence-electron chi connectivity index (χ3n) is 3.77. The minimum absolute atomic E-state index is 0.0998. The highest BCUT2D eigenvalue weighted by molar-refractivity contribution is 5.53. The van der Waals surface area contributed by atoms with Crippen LogP contribution < -0.4 is 16.6 Å². The van der Waals surface area contributed by atoms with E-state index in [9.17, 15) is 9.59 Å². The van der Waals surface area contributed by atoms with E-state index >= 15 is 0 Å². The number of aromatic nitrogens is 4. The molecule has 3 aromatic rings. The number of nitrogens with zero attached hydrogens (tertiary/aromatic N) is 3. The van der Waals surface area contributed by atoms with Gasteiger partial charge in [-0.05, 0) is 19.9 Å². The summed E-state index contributed by atoms with van der Waals surface area (Å²) in [7, 11) is 0. The van der Waals surface area contributed by atoms with Crippen molar-refractivity contribution in [2.24, 2.45) is 0 Å². The van der Waals surface area contributed by atoms with Gasteiger partial charge < -0.3 is 14.4 Å². The third-order valence-corrected chi connectivity index (χ3v) is 3.77. The number of aryl methyl sites for hydroxylation is 1. The Labute approximate surface area is 143 Å². The highest BCUT2D eigenvalue weighted by Gasteiger charge is 2.14. The van der Waals surface area contributed by atoms with Crippen LogP contribution in [0.15, 0.2) is 56.7 Å².